The molecule has 1 rings (SSSR count). The fourth-order valence-electron chi connectivity index (χ4n) is 1.18. The maximum Gasteiger partial charge on any atom is 0.315 e. The molecule has 5 heteroatoms. The average Bonchev–Trinajstić information content (AvgIpc) is 2.64. The van der Waals surface area contributed by atoms with Gasteiger partial charge in [-0.15, -0.1) is 0 Å². The SMILES string of the molecule is O=CCNC(=O)NCC1CCOC1. The third-order valence-electron chi connectivity index (χ3n) is 1.92. The lowest BCUT2D eigenvalue weighted by atomic mass is 10.1. The summed E-state index contributed by atoms with van der Waals surface area (Å²) in [5.74, 6) is 0.419. The molecule has 0 radical (unpaired) electrons. The van der Waals surface area contributed by atoms with Crippen LogP contribution in [0, 0.1) is 5.92 Å². The van der Waals surface area contributed by atoms with E-state index in [4.69, 9.17) is 4.74 Å². The normalized spacial score (nSPS) is 21.1. The van der Waals surface area contributed by atoms with Gasteiger partial charge in [-0.05, 0) is 6.42 Å². The first kappa shape index (κ1) is 9.98. The van der Waals surface area contributed by atoms with Gasteiger partial charge in [-0.3, -0.25) is 0 Å². The molecule has 2 N–H and O–H groups in total. The van der Waals surface area contributed by atoms with Gasteiger partial charge in [0.15, 0.2) is 0 Å². The molecule has 1 atom stereocenters. The molecule has 0 aromatic rings. The van der Waals surface area contributed by atoms with Crippen molar-refractivity contribution in [1.82, 2.24) is 10.6 Å². The number of hydrogen-bond donors (Lipinski definition) is 2. The number of nitrogens with one attached hydrogen (secondary N) is 2. The lowest BCUT2D eigenvalue weighted by Gasteiger charge is -2.08. The molecule has 1 saturated heterocycles. The standard InChI is InChI=1S/C8H14N2O3/c11-3-2-9-8(12)10-5-7-1-4-13-6-7/h3,7H,1-2,4-6H2,(H2,9,10,12). The Labute approximate surface area is 76.8 Å². The van der Waals surface area contributed by atoms with E-state index in [1.54, 1.807) is 0 Å². The number of carbonyl (C=O) groups is 2. The molecule has 74 valence electrons. The van der Waals surface area contributed by atoms with Crippen LogP contribution >= 0.6 is 0 Å². The van der Waals surface area contributed by atoms with Crippen LogP contribution in [0.15, 0.2) is 0 Å². The molecule has 1 fully saturated rings. The molecule has 0 aromatic carbocycles. The predicted octanol–water partition coefficient (Wildman–Crippen LogP) is -0.479. The third-order valence-corrected chi connectivity index (χ3v) is 1.92. The molecule has 0 aliphatic carbocycles. The highest BCUT2D eigenvalue weighted by Gasteiger charge is 2.15. The summed E-state index contributed by atoms with van der Waals surface area (Å²) in [5, 5.41) is 5.07. The molecule has 1 unspecified atom stereocenters. The highest BCUT2D eigenvalue weighted by atomic mass is 16.5. The molecule has 1 aliphatic rings. The van der Waals surface area contributed by atoms with E-state index in [0.717, 1.165) is 13.0 Å². The summed E-state index contributed by atoms with van der Waals surface area (Å²) in [6.45, 7) is 2.17. The smallest absolute Gasteiger partial charge is 0.315 e. The van der Waals surface area contributed by atoms with Crippen LogP contribution in [0.2, 0.25) is 0 Å². The second kappa shape index (κ2) is 5.53. The fourth-order valence-corrected chi connectivity index (χ4v) is 1.18. The number of urea groups is 1. The summed E-state index contributed by atoms with van der Waals surface area (Å²) in [7, 11) is 0. The van der Waals surface area contributed by atoms with E-state index in [1.165, 1.54) is 0 Å². The Morgan fingerprint density at radius 3 is 3.00 bits per heavy atom. The third kappa shape index (κ3) is 3.89. The van der Waals surface area contributed by atoms with Crippen LogP contribution in [0.4, 0.5) is 4.79 Å². The van der Waals surface area contributed by atoms with Crippen molar-refractivity contribution in [1.29, 1.82) is 0 Å². The van der Waals surface area contributed by atoms with Gasteiger partial charge < -0.3 is 20.2 Å². The first-order chi connectivity index (χ1) is 6.33. The molecular formula is C8H14N2O3. The van der Waals surface area contributed by atoms with Crippen LogP contribution in [0.1, 0.15) is 6.42 Å². The molecule has 0 saturated carbocycles. The van der Waals surface area contributed by atoms with Gasteiger partial charge in [0.25, 0.3) is 0 Å². The first-order valence-corrected chi connectivity index (χ1v) is 4.36. The molecule has 5 nitrogen and oxygen atoms in total. The zero-order chi connectivity index (χ0) is 9.52. The Kier molecular flexibility index (Phi) is 4.25. The number of ether oxygens (including phenoxy) is 1. The minimum atomic E-state index is -0.293. The highest BCUT2D eigenvalue weighted by molar-refractivity contribution is 5.76. The van der Waals surface area contributed by atoms with Crippen LogP contribution in [-0.2, 0) is 9.53 Å². The van der Waals surface area contributed by atoms with E-state index in [2.05, 4.69) is 10.6 Å². The maximum absolute atomic E-state index is 10.9. The van der Waals surface area contributed by atoms with Crippen molar-refractivity contribution in [3.63, 3.8) is 0 Å². The van der Waals surface area contributed by atoms with Gasteiger partial charge in [0.1, 0.15) is 6.29 Å². The van der Waals surface area contributed by atoms with Crippen LogP contribution in [-0.4, -0.2) is 38.6 Å². The van der Waals surface area contributed by atoms with Gasteiger partial charge >= 0.3 is 6.03 Å². The number of rotatable bonds is 4. The second-order valence-corrected chi connectivity index (χ2v) is 2.99. The Morgan fingerprint density at radius 1 is 1.54 bits per heavy atom. The van der Waals surface area contributed by atoms with Gasteiger partial charge in [-0.2, -0.15) is 0 Å². The van der Waals surface area contributed by atoms with Crippen molar-refractivity contribution in [3.8, 4) is 0 Å². The van der Waals surface area contributed by atoms with Crippen LogP contribution in [0.3, 0.4) is 0 Å². The predicted molar refractivity (Wildman–Crippen MR) is 46.4 cm³/mol. The van der Waals surface area contributed by atoms with Crippen molar-refractivity contribution < 1.29 is 14.3 Å². The molecule has 2 amide bonds. The van der Waals surface area contributed by atoms with Gasteiger partial charge in [-0.1, -0.05) is 0 Å². The fraction of sp³-hybridized carbons (Fsp3) is 0.750. The molecule has 0 bridgehead atoms. The lowest BCUT2D eigenvalue weighted by Crippen LogP contribution is -2.39. The van der Waals surface area contributed by atoms with Gasteiger partial charge in [0.05, 0.1) is 13.2 Å². The molecule has 1 aliphatic heterocycles. The van der Waals surface area contributed by atoms with Crippen LogP contribution in [0.25, 0.3) is 0 Å². The Balaban J connectivity index is 2.03. The maximum atomic E-state index is 10.9. The second-order valence-electron chi connectivity index (χ2n) is 2.99. The van der Waals surface area contributed by atoms with Crippen molar-refractivity contribution in [2.45, 2.75) is 6.42 Å². The summed E-state index contributed by atoms with van der Waals surface area (Å²) in [4.78, 5) is 20.8. The monoisotopic (exact) mass is 186 g/mol. The Hall–Kier alpha value is -1.10. The Morgan fingerprint density at radius 2 is 2.38 bits per heavy atom. The van der Waals surface area contributed by atoms with Crippen molar-refractivity contribution in [3.05, 3.63) is 0 Å². The van der Waals surface area contributed by atoms with Gasteiger partial charge in [0, 0.05) is 19.1 Å². The van der Waals surface area contributed by atoms with Gasteiger partial charge in [0.2, 0.25) is 0 Å². The van der Waals surface area contributed by atoms with Crippen molar-refractivity contribution in [2.24, 2.45) is 5.92 Å². The summed E-state index contributed by atoms with van der Waals surface area (Å²) < 4.78 is 5.14. The number of carbonyl (C=O) groups excluding carboxylic acids is 2. The van der Waals surface area contributed by atoms with E-state index in [1.807, 2.05) is 0 Å². The molecule has 1 heterocycles. The average molecular weight is 186 g/mol. The topological polar surface area (TPSA) is 67.4 Å². The summed E-state index contributed by atoms with van der Waals surface area (Å²) >= 11 is 0. The molecule has 0 spiro atoms. The van der Waals surface area contributed by atoms with Crippen molar-refractivity contribution >= 4 is 12.3 Å². The van der Waals surface area contributed by atoms with E-state index < -0.39 is 0 Å². The molecule has 0 aromatic heterocycles. The zero-order valence-corrected chi connectivity index (χ0v) is 7.41. The lowest BCUT2D eigenvalue weighted by molar-refractivity contribution is -0.107. The largest absolute Gasteiger partial charge is 0.381 e. The van der Waals surface area contributed by atoms with Crippen LogP contribution < -0.4 is 10.6 Å². The first-order valence-electron chi connectivity index (χ1n) is 4.36. The molecule has 13 heavy (non-hydrogen) atoms. The highest BCUT2D eigenvalue weighted by Crippen LogP contribution is 2.10. The summed E-state index contributed by atoms with van der Waals surface area (Å²) in [6, 6.07) is -0.293. The van der Waals surface area contributed by atoms with E-state index in [9.17, 15) is 9.59 Å². The number of aldehydes is 1. The number of amides is 2. The van der Waals surface area contributed by atoms with Gasteiger partial charge in [-0.25, -0.2) is 4.79 Å². The quantitative estimate of drug-likeness (QED) is 0.583. The van der Waals surface area contributed by atoms with Crippen LogP contribution in [0.5, 0.6) is 0 Å². The van der Waals surface area contributed by atoms with E-state index in [0.29, 0.717) is 25.4 Å². The zero-order valence-electron chi connectivity index (χ0n) is 7.41. The van der Waals surface area contributed by atoms with E-state index >= 15 is 0 Å². The number of hydrogen-bond acceptors (Lipinski definition) is 3. The van der Waals surface area contributed by atoms with Crippen molar-refractivity contribution in [2.75, 3.05) is 26.3 Å². The minimum absolute atomic E-state index is 0.0625. The Bertz CT molecular complexity index is 178. The molecular weight excluding hydrogens is 172 g/mol. The summed E-state index contributed by atoms with van der Waals surface area (Å²) in [6.07, 6.45) is 1.65. The summed E-state index contributed by atoms with van der Waals surface area (Å²) in [5.41, 5.74) is 0. The van der Waals surface area contributed by atoms with E-state index in [-0.39, 0.29) is 12.6 Å². The minimum Gasteiger partial charge on any atom is -0.381 e.